The third-order valence-electron chi connectivity index (χ3n) is 5.13. The number of aromatic nitrogens is 2. The predicted molar refractivity (Wildman–Crippen MR) is 102 cm³/mol. The standard InChI is InChI=1S/C19H24N4OS/c1-13-14(2)25-19-17(13)18(21-12-22-19)20-11-15(16-7-6-10-24-16)23-8-4-3-5-9-23/h6-7,10,12,15H,3-5,8-9,11H2,1-2H3,(H,20,21,22). The molecule has 1 fully saturated rings. The molecule has 0 saturated carbocycles. The Kier molecular flexibility index (Phi) is 4.72. The molecule has 4 rings (SSSR count). The molecule has 3 aromatic rings. The van der Waals surface area contributed by atoms with Crippen LogP contribution in [0.1, 0.15) is 41.5 Å². The van der Waals surface area contributed by atoms with Crippen LogP contribution in [0.15, 0.2) is 29.1 Å². The molecule has 0 aliphatic carbocycles. The van der Waals surface area contributed by atoms with Crippen LogP contribution in [0.3, 0.4) is 0 Å². The van der Waals surface area contributed by atoms with E-state index in [4.69, 9.17) is 4.42 Å². The molecule has 0 amide bonds. The summed E-state index contributed by atoms with van der Waals surface area (Å²) in [6.45, 7) is 7.34. The first-order valence-electron chi connectivity index (χ1n) is 8.96. The Bertz CT molecular complexity index is 837. The summed E-state index contributed by atoms with van der Waals surface area (Å²) < 4.78 is 5.74. The summed E-state index contributed by atoms with van der Waals surface area (Å²) in [5, 5.41) is 4.74. The molecule has 1 unspecified atom stereocenters. The molecule has 0 bridgehead atoms. The number of hydrogen-bond acceptors (Lipinski definition) is 6. The molecular formula is C19H24N4OS. The lowest BCUT2D eigenvalue weighted by atomic mass is 10.1. The van der Waals surface area contributed by atoms with Crippen LogP contribution in [-0.4, -0.2) is 34.5 Å². The van der Waals surface area contributed by atoms with E-state index in [1.165, 1.54) is 29.7 Å². The topological polar surface area (TPSA) is 54.2 Å². The second kappa shape index (κ2) is 7.14. The highest BCUT2D eigenvalue weighted by molar-refractivity contribution is 7.18. The van der Waals surface area contributed by atoms with Gasteiger partial charge in [0, 0.05) is 11.4 Å². The molecule has 0 spiro atoms. The van der Waals surface area contributed by atoms with Gasteiger partial charge in [-0.1, -0.05) is 6.42 Å². The van der Waals surface area contributed by atoms with Crippen molar-refractivity contribution >= 4 is 27.4 Å². The number of thiophene rings is 1. The SMILES string of the molecule is Cc1sc2ncnc(NCC(c3ccco3)N3CCCCC3)c2c1C. The number of piperidine rings is 1. The highest BCUT2D eigenvalue weighted by Gasteiger charge is 2.25. The number of furan rings is 1. The predicted octanol–water partition coefficient (Wildman–Crippen LogP) is 4.54. The smallest absolute Gasteiger partial charge is 0.138 e. The summed E-state index contributed by atoms with van der Waals surface area (Å²) >= 11 is 1.73. The zero-order valence-corrected chi connectivity index (χ0v) is 15.6. The van der Waals surface area contributed by atoms with Crippen molar-refractivity contribution in [1.29, 1.82) is 0 Å². The lowest BCUT2D eigenvalue weighted by molar-refractivity contribution is 0.153. The first-order valence-corrected chi connectivity index (χ1v) is 9.77. The zero-order chi connectivity index (χ0) is 17.2. The Morgan fingerprint density at radius 2 is 2.08 bits per heavy atom. The molecule has 0 radical (unpaired) electrons. The Hall–Kier alpha value is -1.92. The Balaban J connectivity index is 1.59. The van der Waals surface area contributed by atoms with Crippen LogP contribution < -0.4 is 5.32 Å². The van der Waals surface area contributed by atoms with Gasteiger partial charge in [-0.2, -0.15) is 0 Å². The summed E-state index contributed by atoms with van der Waals surface area (Å²) in [6.07, 6.45) is 7.27. The van der Waals surface area contributed by atoms with Gasteiger partial charge in [0.25, 0.3) is 0 Å². The molecular weight excluding hydrogens is 332 g/mol. The van der Waals surface area contributed by atoms with Gasteiger partial charge in [0.15, 0.2) is 0 Å². The van der Waals surface area contributed by atoms with Crippen LogP contribution in [0.25, 0.3) is 10.2 Å². The number of aryl methyl sites for hydroxylation is 2. The fourth-order valence-corrected chi connectivity index (χ4v) is 4.63. The molecule has 132 valence electrons. The number of anilines is 1. The van der Waals surface area contributed by atoms with Crippen LogP contribution in [0, 0.1) is 13.8 Å². The van der Waals surface area contributed by atoms with E-state index in [2.05, 4.69) is 40.1 Å². The Labute approximate surface area is 152 Å². The molecule has 1 N–H and O–H groups in total. The molecule has 5 nitrogen and oxygen atoms in total. The van der Waals surface area contributed by atoms with Crippen molar-refractivity contribution in [2.75, 3.05) is 25.0 Å². The van der Waals surface area contributed by atoms with E-state index in [-0.39, 0.29) is 6.04 Å². The average Bonchev–Trinajstić information content (AvgIpc) is 3.26. The first-order chi connectivity index (χ1) is 12.2. The van der Waals surface area contributed by atoms with Crippen LogP contribution in [-0.2, 0) is 0 Å². The number of nitrogens with zero attached hydrogens (tertiary/aromatic N) is 3. The molecule has 25 heavy (non-hydrogen) atoms. The van der Waals surface area contributed by atoms with Crippen molar-refractivity contribution in [2.24, 2.45) is 0 Å². The third kappa shape index (κ3) is 3.28. The van der Waals surface area contributed by atoms with E-state index < -0.39 is 0 Å². The summed E-state index contributed by atoms with van der Waals surface area (Å²) in [4.78, 5) is 13.8. The minimum atomic E-state index is 0.236. The van der Waals surface area contributed by atoms with Gasteiger partial charge in [-0.05, 0) is 57.5 Å². The molecule has 3 aromatic heterocycles. The van der Waals surface area contributed by atoms with Crippen molar-refractivity contribution < 1.29 is 4.42 Å². The normalized spacial score (nSPS) is 17.0. The molecule has 4 heterocycles. The van der Waals surface area contributed by atoms with Crippen molar-refractivity contribution in [3.05, 3.63) is 40.9 Å². The van der Waals surface area contributed by atoms with Gasteiger partial charge < -0.3 is 9.73 Å². The number of fused-ring (bicyclic) bond motifs is 1. The van der Waals surface area contributed by atoms with Gasteiger partial charge in [-0.15, -0.1) is 11.3 Å². The third-order valence-corrected chi connectivity index (χ3v) is 6.25. The largest absolute Gasteiger partial charge is 0.468 e. The zero-order valence-electron chi connectivity index (χ0n) is 14.8. The summed E-state index contributed by atoms with van der Waals surface area (Å²) in [6, 6.07) is 4.29. The second-order valence-electron chi connectivity index (χ2n) is 6.69. The minimum absolute atomic E-state index is 0.236. The van der Waals surface area contributed by atoms with Crippen molar-refractivity contribution in [3.63, 3.8) is 0 Å². The number of rotatable bonds is 5. The van der Waals surface area contributed by atoms with E-state index in [9.17, 15) is 0 Å². The molecule has 1 saturated heterocycles. The Morgan fingerprint density at radius 1 is 1.24 bits per heavy atom. The van der Waals surface area contributed by atoms with Crippen LogP contribution in [0.2, 0.25) is 0 Å². The van der Waals surface area contributed by atoms with E-state index in [0.717, 1.165) is 41.4 Å². The first kappa shape index (κ1) is 16.5. The van der Waals surface area contributed by atoms with Crippen LogP contribution >= 0.6 is 11.3 Å². The van der Waals surface area contributed by atoms with Crippen LogP contribution in [0.5, 0.6) is 0 Å². The van der Waals surface area contributed by atoms with Gasteiger partial charge in [0.1, 0.15) is 22.7 Å². The van der Waals surface area contributed by atoms with Gasteiger partial charge in [0.05, 0.1) is 17.7 Å². The minimum Gasteiger partial charge on any atom is -0.468 e. The number of nitrogens with one attached hydrogen (secondary N) is 1. The molecule has 1 aliphatic rings. The maximum absolute atomic E-state index is 5.74. The highest BCUT2D eigenvalue weighted by Crippen LogP contribution is 2.33. The monoisotopic (exact) mass is 356 g/mol. The fraction of sp³-hybridized carbons (Fsp3) is 0.474. The van der Waals surface area contributed by atoms with Crippen LogP contribution in [0.4, 0.5) is 5.82 Å². The molecule has 1 aliphatic heterocycles. The summed E-state index contributed by atoms with van der Waals surface area (Å²) in [7, 11) is 0. The summed E-state index contributed by atoms with van der Waals surface area (Å²) in [5.74, 6) is 1.96. The lowest BCUT2D eigenvalue weighted by Crippen LogP contribution is -2.37. The van der Waals surface area contributed by atoms with E-state index in [0.29, 0.717) is 0 Å². The van der Waals surface area contributed by atoms with Crippen molar-refractivity contribution in [3.8, 4) is 0 Å². The lowest BCUT2D eigenvalue weighted by Gasteiger charge is -2.33. The molecule has 0 aromatic carbocycles. The summed E-state index contributed by atoms with van der Waals surface area (Å²) in [5.41, 5.74) is 1.27. The average molecular weight is 356 g/mol. The highest BCUT2D eigenvalue weighted by atomic mass is 32.1. The second-order valence-corrected chi connectivity index (χ2v) is 7.90. The van der Waals surface area contributed by atoms with Gasteiger partial charge in [-0.25, -0.2) is 9.97 Å². The Morgan fingerprint density at radius 3 is 2.84 bits per heavy atom. The fourth-order valence-electron chi connectivity index (χ4n) is 3.63. The van der Waals surface area contributed by atoms with Gasteiger partial charge >= 0.3 is 0 Å². The van der Waals surface area contributed by atoms with E-state index >= 15 is 0 Å². The number of hydrogen-bond donors (Lipinski definition) is 1. The van der Waals surface area contributed by atoms with Gasteiger partial charge in [0.2, 0.25) is 0 Å². The molecule has 6 heteroatoms. The van der Waals surface area contributed by atoms with E-state index in [1.54, 1.807) is 23.9 Å². The number of likely N-dealkylation sites (tertiary alicyclic amines) is 1. The quantitative estimate of drug-likeness (QED) is 0.727. The maximum atomic E-state index is 5.74. The van der Waals surface area contributed by atoms with Gasteiger partial charge in [-0.3, -0.25) is 4.90 Å². The maximum Gasteiger partial charge on any atom is 0.138 e. The van der Waals surface area contributed by atoms with Crippen molar-refractivity contribution in [2.45, 2.75) is 39.2 Å². The van der Waals surface area contributed by atoms with Crippen molar-refractivity contribution in [1.82, 2.24) is 14.9 Å². The van der Waals surface area contributed by atoms with E-state index in [1.807, 2.05) is 6.07 Å². The molecule has 1 atom stereocenters.